The summed E-state index contributed by atoms with van der Waals surface area (Å²) in [6, 6.07) is 0. The van der Waals surface area contributed by atoms with E-state index in [4.69, 9.17) is 5.11 Å². The van der Waals surface area contributed by atoms with Crippen molar-refractivity contribution in [1.82, 2.24) is 0 Å². The molecule has 0 spiro atoms. The number of allylic oxidation sites excluding steroid dienone is 10. The molecule has 27 heavy (non-hydrogen) atoms. The number of carbonyl (C=O) groups is 1. The minimum absolute atomic E-state index is 0.454. The number of hydrogen-bond donors (Lipinski definition) is 2. The van der Waals surface area contributed by atoms with Gasteiger partial charge in [0, 0.05) is 0 Å². The third kappa shape index (κ3) is 15.8. The molecule has 0 heterocycles. The molecule has 0 amide bonds. The van der Waals surface area contributed by atoms with Gasteiger partial charge < -0.3 is 10.2 Å². The summed E-state index contributed by atoms with van der Waals surface area (Å²) in [5, 5.41) is 18.9. The molecule has 0 saturated heterocycles. The zero-order valence-corrected chi connectivity index (χ0v) is 17.1. The van der Waals surface area contributed by atoms with Crippen LogP contribution in [0, 0.1) is 5.41 Å². The first-order valence-electron chi connectivity index (χ1n) is 9.75. The highest BCUT2D eigenvalue weighted by Crippen LogP contribution is 2.20. The third-order valence-corrected chi connectivity index (χ3v) is 3.88. The predicted octanol–water partition coefficient (Wildman–Crippen LogP) is 6.16. The van der Waals surface area contributed by atoms with Gasteiger partial charge in [0.25, 0.3) is 0 Å². The van der Waals surface area contributed by atoms with E-state index in [-0.39, 0.29) is 0 Å². The molecule has 0 fully saturated rings. The number of carboxylic acid groups (broad SMARTS) is 1. The highest BCUT2D eigenvalue weighted by Gasteiger charge is 2.24. The van der Waals surface area contributed by atoms with Crippen LogP contribution in [0.3, 0.4) is 0 Å². The lowest BCUT2D eigenvalue weighted by molar-refractivity contribution is -0.146. The van der Waals surface area contributed by atoms with Gasteiger partial charge in [0.1, 0.15) is 0 Å². The van der Waals surface area contributed by atoms with Crippen LogP contribution in [-0.2, 0) is 4.79 Å². The molecule has 0 aromatic carbocycles. The molecule has 150 valence electrons. The first-order chi connectivity index (χ1) is 12.9. The Morgan fingerprint density at radius 3 is 1.96 bits per heavy atom. The van der Waals surface area contributed by atoms with Crippen LogP contribution in [0.4, 0.5) is 0 Å². The first kappa shape index (κ1) is 24.9. The van der Waals surface area contributed by atoms with Crippen LogP contribution in [0.2, 0.25) is 0 Å². The van der Waals surface area contributed by atoms with Crippen molar-refractivity contribution in [2.75, 3.05) is 0 Å². The maximum absolute atomic E-state index is 11.0. The van der Waals surface area contributed by atoms with E-state index in [9.17, 15) is 9.90 Å². The lowest BCUT2D eigenvalue weighted by Crippen LogP contribution is -2.22. The summed E-state index contributed by atoms with van der Waals surface area (Å²) in [4.78, 5) is 11.0. The maximum Gasteiger partial charge on any atom is 0.309 e. The molecule has 0 saturated carbocycles. The largest absolute Gasteiger partial charge is 0.481 e. The van der Waals surface area contributed by atoms with Crippen molar-refractivity contribution in [3.05, 3.63) is 72.9 Å². The minimum Gasteiger partial charge on any atom is -0.481 e. The molecule has 0 aromatic rings. The monoisotopic (exact) mass is 372 g/mol. The van der Waals surface area contributed by atoms with Gasteiger partial charge in [-0.1, -0.05) is 79.8 Å². The van der Waals surface area contributed by atoms with Crippen molar-refractivity contribution in [3.8, 4) is 0 Å². The lowest BCUT2D eigenvalue weighted by Gasteiger charge is -2.15. The highest BCUT2D eigenvalue weighted by atomic mass is 16.4. The Kier molecular flexibility index (Phi) is 14.8. The van der Waals surface area contributed by atoms with Crippen molar-refractivity contribution in [1.29, 1.82) is 0 Å². The molecule has 3 nitrogen and oxygen atoms in total. The van der Waals surface area contributed by atoms with E-state index < -0.39 is 17.5 Å². The maximum atomic E-state index is 11.0. The molecule has 0 aliphatic rings. The summed E-state index contributed by atoms with van der Waals surface area (Å²) in [5.74, 6) is -0.813. The normalized spacial score (nSPS) is 14.8. The van der Waals surface area contributed by atoms with Crippen LogP contribution >= 0.6 is 0 Å². The van der Waals surface area contributed by atoms with Gasteiger partial charge >= 0.3 is 5.97 Å². The highest BCUT2D eigenvalue weighted by molar-refractivity contribution is 5.73. The van der Waals surface area contributed by atoms with Gasteiger partial charge in [-0.15, -0.1) is 0 Å². The van der Waals surface area contributed by atoms with Gasteiger partial charge in [-0.05, 0) is 52.4 Å². The number of rotatable bonds is 14. The SMILES string of the molecule is CC/C=C\C/C=C\C/C=C\C/C=C\C=C\C(O)C/C=C\CC(C)(C)C(=O)O. The van der Waals surface area contributed by atoms with E-state index >= 15 is 0 Å². The second-order valence-corrected chi connectivity index (χ2v) is 7.01. The van der Waals surface area contributed by atoms with Crippen LogP contribution in [0.25, 0.3) is 0 Å². The number of hydrogen-bond acceptors (Lipinski definition) is 2. The summed E-state index contributed by atoms with van der Waals surface area (Å²) < 4.78 is 0. The van der Waals surface area contributed by atoms with Crippen LogP contribution in [0.1, 0.15) is 59.3 Å². The van der Waals surface area contributed by atoms with Crippen molar-refractivity contribution >= 4 is 5.97 Å². The van der Waals surface area contributed by atoms with Crippen molar-refractivity contribution in [2.45, 2.75) is 65.4 Å². The molecule has 0 bridgehead atoms. The van der Waals surface area contributed by atoms with Gasteiger partial charge in [-0.2, -0.15) is 0 Å². The smallest absolute Gasteiger partial charge is 0.309 e. The average molecular weight is 373 g/mol. The zero-order chi connectivity index (χ0) is 20.4. The molecule has 0 rings (SSSR count). The van der Waals surface area contributed by atoms with Crippen molar-refractivity contribution in [3.63, 3.8) is 0 Å². The number of aliphatic hydroxyl groups excluding tert-OH is 1. The third-order valence-electron chi connectivity index (χ3n) is 3.88. The van der Waals surface area contributed by atoms with Crippen LogP contribution in [-0.4, -0.2) is 22.3 Å². The lowest BCUT2D eigenvalue weighted by atomic mass is 9.89. The second-order valence-electron chi connectivity index (χ2n) is 7.01. The van der Waals surface area contributed by atoms with Crippen LogP contribution in [0.5, 0.6) is 0 Å². The Morgan fingerprint density at radius 1 is 0.852 bits per heavy atom. The minimum atomic E-state index is -0.813. The van der Waals surface area contributed by atoms with Crippen LogP contribution in [0.15, 0.2) is 72.9 Å². The number of aliphatic carboxylic acids is 1. The molecular weight excluding hydrogens is 336 g/mol. The quantitative estimate of drug-likeness (QED) is 0.284. The Labute approximate surface area is 165 Å². The fraction of sp³-hybridized carbons (Fsp3) is 0.458. The summed E-state index contributed by atoms with van der Waals surface area (Å²) >= 11 is 0. The Balaban J connectivity index is 3.89. The molecule has 3 heteroatoms. The zero-order valence-electron chi connectivity index (χ0n) is 17.1. The van der Waals surface area contributed by atoms with E-state index in [1.807, 2.05) is 30.4 Å². The van der Waals surface area contributed by atoms with E-state index in [0.29, 0.717) is 12.8 Å². The Bertz CT molecular complexity index is 560. The van der Waals surface area contributed by atoms with Gasteiger partial charge in [0.15, 0.2) is 0 Å². The van der Waals surface area contributed by atoms with E-state index in [1.165, 1.54) is 0 Å². The Hall–Kier alpha value is -2.13. The topological polar surface area (TPSA) is 57.5 Å². The first-order valence-corrected chi connectivity index (χ1v) is 9.75. The summed E-state index contributed by atoms with van der Waals surface area (Å²) in [6.07, 6.45) is 28.5. The molecule has 0 radical (unpaired) electrons. The molecule has 1 unspecified atom stereocenters. The average Bonchev–Trinajstić information content (AvgIpc) is 2.62. The standard InChI is InChI=1S/C24H36O3/c1-4-5-6-7-8-9-10-11-12-13-14-15-16-19-22(25)20-17-18-21-24(2,3)23(26)27/h5-6,8-9,11-12,14-19,22,25H,4,7,10,13,20-21H2,1-3H3,(H,26,27)/b6-5-,9-8-,12-11-,15-14-,18-17-,19-16+. The van der Waals surface area contributed by atoms with Gasteiger partial charge in [0.2, 0.25) is 0 Å². The predicted molar refractivity (Wildman–Crippen MR) is 116 cm³/mol. The van der Waals surface area contributed by atoms with E-state index in [0.717, 1.165) is 25.7 Å². The van der Waals surface area contributed by atoms with Gasteiger partial charge in [-0.25, -0.2) is 0 Å². The van der Waals surface area contributed by atoms with Gasteiger partial charge in [0.05, 0.1) is 11.5 Å². The summed E-state index contributed by atoms with van der Waals surface area (Å²) in [6.45, 7) is 5.52. The fourth-order valence-electron chi connectivity index (χ4n) is 2.01. The molecular formula is C24H36O3. The van der Waals surface area contributed by atoms with Gasteiger partial charge in [-0.3, -0.25) is 4.79 Å². The Morgan fingerprint density at radius 2 is 1.41 bits per heavy atom. The van der Waals surface area contributed by atoms with E-state index in [1.54, 1.807) is 19.9 Å². The van der Waals surface area contributed by atoms with Crippen molar-refractivity contribution < 1.29 is 15.0 Å². The number of aliphatic hydroxyl groups is 1. The fourth-order valence-corrected chi connectivity index (χ4v) is 2.01. The molecule has 0 aromatic heterocycles. The summed E-state index contributed by atoms with van der Waals surface area (Å²) in [7, 11) is 0. The molecule has 0 aliphatic carbocycles. The van der Waals surface area contributed by atoms with Crippen molar-refractivity contribution in [2.24, 2.45) is 5.41 Å². The van der Waals surface area contributed by atoms with Crippen LogP contribution < -0.4 is 0 Å². The molecule has 0 aliphatic heterocycles. The van der Waals surface area contributed by atoms with E-state index in [2.05, 4.69) is 43.4 Å². The molecule has 1 atom stereocenters. The summed E-state index contributed by atoms with van der Waals surface area (Å²) in [5.41, 5.74) is -0.768. The molecule has 2 N–H and O–H groups in total. The second kappa shape index (κ2) is 16.1. The number of carboxylic acids is 1.